The number of esters is 1. The Morgan fingerprint density at radius 1 is 1.17 bits per heavy atom. The van der Waals surface area contributed by atoms with E-state index in [0.717, 1.165) is 0 Å². The van der Waals surface area contributed by atoms with E-state index in [1.54, 1.807) is 44.2 Å². The van der Waals surface area contributed by atoms with Gasteiger partial charge in [0.1, 0.15) is 5.76 Å². The van der Waals surface area contributed by atoms with Crippen LogP contribution in [0.25, 0.3) is 0 Å². The third kappa shape index (κ3) is 5.29. The first kappa shape index (κ1) is 20.3. The average molecular weight is 413 g/mol. The molecular formula is C20H19N3O5S. The van der Waals surface area contributed by atoms with Crippen molar-refractivity contribution in [2.24, 2.45) is 0 Å². The van der Waals surface area contributed by atoms with Crippen molar-refractivity contribution in [2.45, 2.75) is 26.4 Å². The number of aromatic nitrogens is 1. The fourth-order valence-electron chi connectivity index (χ4n) is 2.44. The molecule has 2 heterocycles. The Hall–Kier alpha value is -3.46. The third-order valence-corrected chi connectivity index (χ3v) is 4.78. The molecule has 3 aromatic rings. The Balaban J connectivity index is 1.58. The molecule has 3 rings (SSSR count). The number of nitrogens with zero attached hydrogens (tertiary/aromatic N) is 1. The number of nitrogens with one attached hydrogen (secondary N) is 2. The second-order valence-corrected chi connectivity index (χ2v) is 7.07. The van der Waals surface area contributed by atoms with Crippen LogP contribution in [0.4, 0.5) is 11.5 Å². The number of rotatable bonds is 7. The van der Waals surface area contributed by atoms with Crippen molar-refractivity contribution in [3.05, 3.63) is 64.0 Å². The van der Waals surface area contributed by atoms with Crippen LogP contribution in [-0.4, -0.2) is 29.0 Å². The quantitative estimate of drug-likeness (QED) is 0.569. The summed E-state index contributed by atoms with van der Waals surface area (Å²) in [5.41, 5.74) is 0.814. The maximum absolute atomic E-state index is 12.4. The van der Waals surface area contributed by atoms with Gasteiger partial charge in [-0.05, 0) is 49.1 Å². The smallest absolute Gasteiger partial charge is 0.338 e. The van der Waals surface area contributed by atoms with E-state index in [9.17, 15) is 14.4 Å². The summed E-state index contributed by atoms with van der Waals surface area (Å²) >= 11 is 1.34. The van der Waals surface area contributed by atoms with Crippen molar-refractivity contribution in [1.82, 2.24) is 5.16 Å². The van der Waals surface area contributed by atoms with Crippen LogP contribution >= 0.6 is 11.3 Å². The Morgan fingerprint density at radius 2 is 1.93 bits per heavy atom. The minimum atomic E-state index is -0.974. The number of amides is 2. The highest BCUT2D eigenvalue weighted by Gasteiger charge is 2.23. The van der Waals surface area contributed by atoms with Crippen LogP contribution in [0, 0.1) is 6.92 Å². The van der Waals surface area contributed by atoms with E-state index in [0.29, 0.717) is 22.7 Å². The first-order chi connectivity index (χ1) is 14.0. The SMILES string of the molecule is CC[C@H](OC(=O)c1ccc(NC(=O)c2cccs2)cc1)C(=O)Nc1cc(C)on1. The van der Waals surface area contributed by atoms with Gasteiger partial charge in [0.05, 0.1) is 10.4 Å². The molecule has 8 nitrogen and oxygen atoms in total. The van der Waals surface area contributed by atoms with Crippen LogP contribution in [0.2, 0.25) is 0 Å². The minimum absolute atomic E-state index is 0.221. The Kier molecular flexibility index (Phi) is 6.40. The van der Waals surface area contributed by atoms with E-state index >= 15 is 0 Å². The van der Waals surface area contributed by atoms with Gasteiger partial charge in [-0.25, -0.2) is 4.79 Å². The van der Waals surface area contributed by atoms with Crippen LogP contribution in [-0.2, 0) is 9.53 Å². The van der Waals surface area contributed by atoms with E-state index in [-0.39, 0.29) is 17.3 Å². The lowest BCUT2D eigenvalue weighted by Gasteiger charge is -2.15. The van der Waals surface area contributed by atoms with Gasteiger partial charge < -0.3 is 19.9 Å². The summed E-state index contributed by atoms with van der Waals surface area (Å²) in [6.45, 7) is 3.43. The predicted octanol–water partition coefficient (Wildman–Crippen LogP) is 3.87. The zero-order valence-electron chi connectivity index (χ0n) is 15.8. The summed E-state index contributed by atoms with van der Waals surface area (Å²) in [6.07, 6.45) is -0.679. The molecule has 9 heteroatoms. The van der Waals surface area contributed by atoms with E-state index in [2.05, 4.69) is 15.8 Å². The fraction of sp³-hybridized carbons (Fsp3) is 0.200. The van der Waals surface area contributed by atoms with Crippen LogP contribution in [0.5, 0.6) is 0 Å². The number of benzene rings is 1. The van der Waals surface area contributed by atoms with Gasteiger partial charge in [0, 0.05) is 11.8 Å². The Labute approximate surface area is 170 Å². The van der Waals surface area contributed by atoms with Crippen molar-refractivity contribution in [2.75, 3.05) is 10.6 Å². The van der Waals surface area contributed by atoms with Crippen molar-refractivity contribution < 1.29 is 23.6 Å². The molecule has 0 aliphatic carbocycles. The summed E-state index contributed by atoms with van der Waals surface area (Å²) in [7, 11) is 0. The molecule has 150 valence electrons. The summed E-state index contributed by atoms with van der Waals surface area (Å²) in [5, 5.41) is 10.8. The van der Waals surface area contributed by atoms with Crippen molar-refractivity contribution in [1.29, 1.82) is 0 Å². The van der Waals surface area contributed by atoms with Crippen molar-refractivity contribution in [3.63, 3.8) is 0 Å². The molecule has 0 saturated heterocycles. The number of anilines is 2. The highest BCUT2D eigenvalue weighted by Crippen LogP contribution is 2.16. The topological polar surface area (TPSA) is 111 Å². The lowest BCUT2D eigenvalue weighted by molar-refractivity contribution is -0.124. The average Bonchev–Trinajstić information content (AvgIpc) is 3.38. The first-order valence-electron chi connectivity index (χ1n) is 8.86. The molecule has 0 unspecified atom stereocenters. The summed E-state index contributed by atoms with van der Waals surface area (Å²) in [6, 6.07) is 11.3. The number of carbonyl (C=O) groups is 3. The maximum atomic E-state index is 12.4. The molecule has 0 fully saturated rings. The molecule has 2 amide bonds. The second-order valence-electron chi connectivity index (χ2n) is 6.12. The fourth-order valence-corrected chi connectivity index (χ4v) is 3.06. The molecule has 0 bridgehead atoms. The predicted molar refractivity (Wildman–Crippen MR) is 108 cm³/mol. The van der Waals surface area contributed by atoms with Crippen molar-refractivity contribution >= 4 is 40.6 Å². The first-order valence-corrected chi connectivity index (χ1v) is 9.74. The van der Waals surface area contributed by atoms with Gasteiger partial charge in [0.15, 0.2) is 11.9 Å². The highest BCUT2D eigenvalue weighted by molar-refractivity contribution is 7.12. The zero-order valence-corrected chi connectivity index (χ0v) is 16.6. The number of aryl methyl sites for hydroxylation is 1. The van der Waals surface area contributed by atoms with Crippen LogP contribution in [0.1, 0.15) is 39.1 Å². The number of thiophene rings is 1. The van der Waals surface area contributed by atoms with Crippen LogP contribution < -0.4 is 10.6 Å². The lowest BCUT2D eigenvalue weighted by atomic mass is 10.2. The third-order valence-electron chi connectivity index (χ3n) is 3.92. The Bertz CT molecular complexity index is 996. The van der Waals surface area contributed by atoms with E-state index in [1.807, 2.05) is 5.38 Å². The Morgan fingerprint density at radius 3 is 2.52 bits per heavy atom. The molecule has 2 N–H and O–H groups in total. The molecule has 0 saturated carbocycles. The monoisotopic (exact) mass is 413 g/mol. The molecule has 29 heavy (non-hydrogen) atoms. The lowest BCUT2D eigenvalue weighted by Crippen LogP contribution is -2.32. The maximum Gasteiger partial charge on any atom is 0.338 e. The van der Waals surface area contributed by atoms with Crippen LogP contribution in [0.15, 0.2) is 52.4 Å². The van der Waals surface area contributed by atoms with Crippen LogP contribution in [0.3, 0.4) is 0 Å². The molecule has 0 aliphatic rings. The molecule has 2 aromatic heterocycles. The van der Waals surface area contributed by atoms with Gasteiger partial charge >= 0.3 is 5.97 Å². The van der Waals surface area contributed by atoms with Gasteiger partial charge in [0.25, 0.3) is 11.8 Å². The normalized spacial score (nSPS) is 11.5. The van der Waals surface area contributed by atoms with E-state index in [1.165, 1.54) is 23.5 Å². The summed E-state index contributed by atoms with van der Waals surface area (Å²) < 4.78 is 10.2. The van der Waals surface area contributed by atoms with Gasteiger partial charge in [-0.15, -0.1) is 11.3 Å². The van der Waals surface area contributed by atoms with Gasteiger partial charge in [-0.3, -0.25) is 9.59 Å². The number of carbonyl (C=O) groups excluding carboxylic acids is 3. The molecule has 1 aromatic carbocycles. The van der Waals surface area contributed by atoms with Crippen molar-refractivity contribution in [3.8, 4) is 0 Å². The molecule has 0 spiro atoms. The van der Waals surface area contributed by atoms with Gasteiger partial charge in [-0.1, -0.05) is 18.1 Å². The largest absolute Gasteiger partial charge is 0.449 e. The summed E-state index contributed by atoms with van der Waals surface area (Å²) in [5.74, 6) is -0.543. The number of ether oxygens (including phenoxy) is 1. The molecule has 1 atom stereocenters. The molecule has 0 radical (unpaired) electrons. The number of hydrogen-bond donors (Lipinski definition) is 2. The second kappa shape index (κ2) is 9.16. The minimum Gasteiger partial charge on any atom is -0.449 e. The molecule has 0 aliphatic heterocycles. The summed E-state index contributed by atoms with van der Waals surface area (Å²) in [4.78, 5) is 37.3. The highest BCUT2D eigenvalue weighted by atomic mass is 32.1. The number of hydrogen-bond acceptors (Lipinski definition) is 7. The molecular weight excluding hydrogens is 394 g/mol. The zero-order chi connectivity index (χ0) is 20.8. The van der Waals surface area contributed by atoms with E-state index in [4.69, 9.17) is 9.26 Å². The van der Waals surface area contributed by atoms with Gasteiger partial charge in [-0.2, -0.15) is 0 Å². The standard InChI is InChI=1S/C20H19N3O5S/c1-3-15(18(24)22-17-11-12(2)28-23-17)27-20(26)13-6-8-14(9-7-13)21-19(25)16-5-4-10-29-16/h4-11,15H,3H2,1-2H3,(H,21,25)(H,22,23,24)/t15-/m0/s1. The van der Waals surface area contributed by atoms with E-state index < -0.39 is 18.0 Å². The van der Waals surface area contributed by atoms with Gasteiger partial charge in [0.2, 0.25) is 0 Å².